The summed E-state index contributed by atoms with van der Waals surface area (Å²) in [6.07, 6.45) is 8.64. The molecule has 0 radical (unpaired) electrons. The number of rotatable bonds is 6. The van der Waals surface area contributed by atoms with Crippen LogP contribution in [0.5, 0.6) is 0 Å². The van der Waals surface area contributed by atoms with E-state index < -0.39 is 18.3 Å². The summed E-state index contributed by atoms with van der Waals surface area (Å²) in [5.41, 5.74) is 15.8. The molecule has 0 spiro atoms. The van der Waals surface area contributed by atoms with Crippen molar-refractivity contribution in [1.82, 2.24) is 0 Å². The van der Waals surface area contributed by atoms with Gasteiger partial charge in [0.2, 0.25) is 0 Å². The van der Waals surface area contributed by atoms with Crippen molar-refractivity contribution >= 4 is 62.0 Å². The molecule has 0 atom stereocenters. The van der Waals surface area contributed by atoms with E-state index in [1.165, 1.54) is 79.9 Å². The molecule has 0 saturated carbocycles. The summed E-state index contributed by atoms with van der Waals surface area (Å²) in [6, 6.07) is 43.0. The van der Waals surface area contributed by atoms with E-state index >= 15 is 0 Å². The second-order valence-corrected chi connectivity index (χ2v) is 32.0. The Morgan fingerprint density at radius 2 is 1.07 bits per heavy atom. The Morgan fingerprint density at radius 1 is 0.569 bits per heavy atom. The number of allylic oxidation sites excluding steroid dienone is 4. The molecule has 0 bridgehead atoms. The molecule has 0 unspecified atom stereocenters. The Kier molecular flexibility index (Phi) is 12.2. The van der Waals surface area contributed by atoms with Gasteiger partial charge in [0.15, 0.2) is 0 Å². The molecule has 0 heterocycles. The topological polar surface area (TPSA) is 0 Å². The number of aryl methyl sites for hydroxylation is 2. The van der Waals surface area contributed by atoms with Gasteiger partial charge in [0.05, 0.1) is 0 Å². The first-order valence-corrected chi connectivity index (χ1v) is 27.3. The van der Waals surface area contributed by atoms with Gasteiger partial charge in [-0.3, -0.25) is 0 Å². The number of hydrogen-bond donors (Lipinski definition) is 0. The van der Waals surface area contributed by atoms with E-state index in [0.717, 1.165) is 22.9 Å². The van der Waals surface area contributed by atoms with Crippen molar-refractivity contribution in [3.63, 3.8) is 0 Å². The summed E-state index contributed by atoms with van der Waals surface area (Å²) >= 11 is 8.21. The maximum atomic E-state index is 6.75. The van der Waals surface area contributed by atoms with E-state index in [4.69, 9.17) is 27.4 Å². The molecule has 0 nitrogen and oxygen atoms in total. The van der Waals surface area contributed by atoms with Gasteiger partial charge in [0, 0.05) is 0 Å². The SMILES string of the molecule is Cl.Cl.[CH2]=[Zr]([C]1=CC=CC1)([c]1ccc(Cl)cc1)([c]1ccc(Cl)cc1)[c]1c2c(cc(C(C)(C)C)c1-c1ccccc1C)-c1cc(C(C)(C)C)c(-c3ccccc3C)cc1C2. The van der Waals surface area contributed by atoms with Gasteiger partial charge in [0.25, 0.3) is 0 Å². The Bertz CT molecular complexity index is 2630. The Balaban J connectivity index is 0.00000283. The summed E-state index contributed by atoms with van der Waals surface area (Å²) < 4.78 is 11.3. The van der Waals surface area contributed by atoms with E-state index in [2.05, 4.69) is 189 Å². The van der Waals surface area contributed by atoms with Crippen molar-refractivity contribution in [3.8, 4) is 33.4 Å². The van der Waals surface area contributed by atoms with Crippen molar-refractivity contribution in [1.29, 1.82) is 0 Å². The fraction of sp³-hybridized carbons (Fsp3) is 0.226. The molecule has 0 N–H and O–H groups in total. The van der Waals surface area contributed by atoms with Crippen molar-refractivity contribution in [2.45, 2.75) is 79.1 Å². The van der Waals surface area contributed by atoms with Gasteiger partial charge in [-0.05, 0) is 0 Å². The van der Waals surface area contributed by atoms with Gasteiger partial charge in [-0.1, -0.05) is 0 Å². The predicted octanol–water partition coefficient (Wildman–Crippen LogP) is 14.2. The molecule has 6 aromatic carbocycles. The van der Waals surface area contributed by atoms with Crippen LogP contribution in [-0.2, 0) is 35.5 Å². The van der Waals surface area contributed by atoms with Gasteiger partial charge >= 0.3 is 348 Å². The minimum absolute atomic E-state index is 0. The van der Waals surface area contributed by atoms with E-state index in [0.29, 0.717) is 0 Å². The standard InChI is InChI=1S/C35H37.2C6H4Cl.C5H5.CH2.2ClH.Zr/c1-22-13-9-11-15-26(22)30-18-24-17-25-19-31(27-16-12-10-14-23(27)2)33(35(6,7)8)21-29(25)28(24)20-32(30)34(3,4)5;2*7-6-4-2-1-3-5-6;1-2-4-5-3-1;;;;/h9-16,18,20-21H,17H2,1-8H3;2*2-5H;1-3H,4H2;1H2;2*1H;. The second-order valence-electron chi connectivity index (χ2n) is 18.4. The molecule has 5 heteroatoms. The van der Waals surface area contributed by atoms with E-state index in [1.54, 1.807) is 0 Å². The first-order valence-electron chi connectivity index (χ1n) is 19.9. The third kappa shape index (κ3) is 7.02. The molecule has 298 valence electrons. The van der Waals surface area contributed by atoms with Gasteiger partial charge < -0.3 is 0 Å². The van der Waals surface area contributed by atoms with Gasteiger partial charge in [-0.15, -0.1) is 24.8 Å². The molecule has 8 rings (SSSR count). The molecule has 0 aromatic heterocycles. The van der Waals surface area contributed by atoms with E-state index in [1.807, 2.05) is 0 Å². The van der Waals surface area contributed by atoms with Gasteiger partial charge in [-0.25, -0.2) is 0 Å². The van der Waals surface area contributed by atoms with Crippen molar-refractivity contribution < 1.29 is 18.3 Å². The average Bonchev–Trinajstić information content (AvgIpc) is 3.83. The van der Waals surface area contributed by atoms with Crippen LogP contribution < -0.4 is 9.81 Å². The first kappa shape index (κ1) is 44.3. The first-order chi connectivity index (χ1) is 26.5. The molecule has 6 aromatic rings. The molecular formula is C53H54Cl4Zr. The van der Waals surface area contributed by atoms with Crippen LogP contribution in [0.1, 0.15) is 81.3 Å². The van der Waals surface area contributed by atoms with Crippen LogP contribution >= 0.6 is 48.0 Å². The second kappa shape index (κ2) is 16.0. The molecule has 0 aliphatic heterocycles. The Hall–Kier alpha value is -3.29. The molecule has 0 amide bonds. The zero-order valence-corrected chi connectivity index (χ0v) is 40.5. The van der Waals surface area contributed by atoms with E-state index in [-0.39, 0.29) is 35.6 Å². The van der Waals surface area contributed by atoms with Crippen LogP contribution in [0.25, 0.3) is 33.4 Å². The normalized spacial score (nSPS) is 13.7. The number of halogens is 4. The Morgan fingerprint density at radius 3 is 1.55 bits per heavy atom. The summed E-state index contributed by atoms with van der Waals surface area (Å²) in [5.74, 6) is 0. The van der Waals surface area contributed by atoms with Crippen molar-refractivity contribution in [3.05, 3.63) is 180 Å². The average molecular weight is 924 g/mol. The minimum atomic E-state index is -5.29. The van der Waals surface area contributed by atoms with Crippen LogP contribution in [-0.4, -0.2) is 4.21 Å². The molecular weight excluding hydrogens is 870 g/mol. The molecule has 2 aliphatic rings. The number of benzene rings is 6. The monoisotopic (exact) mass is 920 g/mol. The molecule has 0 fully saturated rings. The molecule has 58 heavy (non-hydrogen) atoms. The van der Waals surface area contributed by atoms with Crippen molar-refractivity contribution in [2.75, 3.05) is 0 Å². The van der Waals surface area contributed by atoms with Crippen LogP contribution in [0.15, 0.2) is 137 Å². The summed E-state index contributed by atoms with van der Waals surface area (Å²) in [7, 11) is 0. The third-order valence-electron chi connectivity index (χ3n) is 12.8. The quantitative estimate of drug-likeness (QED) is 0.156. The number of hydrogen-bond acceptors (Lipinski definition) is 0. The maximum absolute atomic E-state index is 6.75. The van der Waals surface area contributed by atoms with Gasteiger partial charge in [0.1, 0.15) is 0 Å². The summed E-state index contributed by atoms with van der Waals surface area (Å²) in [5, 5.41) is 1.46. The molecule has 2 aliphatic carbocycles. The summed E-state index contributed by atoms with van der Waals surface area (Å²) in [6.45, 7) is 18.7. The molecule has 0 saturated heterocycles. The Labute approximate surface area is 369 Å². The predicted molar refractivity (Wildman–Crippen MR) is 258 cm³/mol. The van der Waals surface area contributed by atoms with E-state index in [9.17, 15) is 0 Å². The zero-order chi connectivity index (χ0) is 39.8. The summed E-state index contributed by atoms with van der Waals surface area (Å²) in [4.78, 5) is 0. The third-order valence-corrected chi connectivity index (χ3v) is 29.7. The van der Waals surface area contributed by atoms with Crippen LogP contribution in [0, 0.1) is 13.8 Å². The van der Waals surface area contributed by atoms with Crippen LogP contribution in [0.4, 0.5) is 0 Å². The fourth-order valence-corrected chi connectivity index (χ4v) is 26.2. The van der Waals surface area contributed by atoms with Gasteiger partial charge in [-0.2, -0.15) is 0 Å². The van der Waals surface area contributed by atoms with Crippen molar-refractivity contribution in [2.24, 2.45) is 0 Å². The van der Waals surface area contributed by atoms with Crippen LogP contribution in [0.2, 0.25) is 10.0 Å². The fourth-order valence-electron chi connectivity index (χ4n) is 9.91. The van der Waals surface area contributed by atoms with Crippen LogP contribution in [0.3, 0.4) is 0 Å². The zero-order valence-electron chi connectivity index (χ0n) is 34.9. The number of fused-ring (bicyclic) bond motifs is 3.